The summed E-state index contributed by atoms with van der Waals surface area (Å²) >= 11 is 0. The summed E-state index contributed by atoms with van der Waals surface area (Å²) in [5.41, 5.74) is 1.10. The van der Waals surface area contributed by atoms with Crippen LogP contribution in [-0.2, 0) is 12.1 Å². The Morgan fingerprint density at radius 2 is 2.14 bits per heavy atom. The van der Waals surface area contributed by atoms with Crippen LogP contribution in [0, 0.1) is 0 Å². The molecule has 0 amide bonds. The third kappa shape index (κ3) is 1.69. The average molecular weight is 194 g/mol. The fraction of sp³-hybridized carbons (Fsp3) is 0.727. The molecule has 78 valence electrons. The van der Waals surface area contributed by atoms with Crippen molar-refractivity contribution in [2.75, 3.05) is 0 Å². The summed E-state index contributed by atoms with van der Waals surface area (Å²) < 4.78 is 2.04. The van der Waals surface area contributed by atoms with Crippen molar-refractivity contribution < 1.29 is 5.11 Å². The maximum absolute atomic E-state index is 8.98. The number of rotatable bonds is 2. The fourth-order valence-corrected chi connectivity index (χ4v) is 2.28. The van der Waals surface area contributed by atoms with Crippen LogP contribution in [0.15, 0.2) is 12.4 Å². The molecule has 0 atom stereocenters. The molecule has 0 unspecified atom stereocenters. The SMILES string of the molecule is CC1(n2cc(CO)cn2)CCCCC1. The van der Waals surface area contributed by atoms with Crippen LogP contribution in [0.2, 0.25) is 0 Å². The highest BCUT2D eigenvalue weighted by Gasteiger charge is 2.29. The fourth-order valence-electron chi connectivity index (χ4n) is 2.28. The number of hydrogen-bond acceptors (Lipinski definition) is 2. The van der Waals surface area contributed by atoms with Crippen molar-refractivity contribution in [2.24, 2.45) is 0 Å². The highest BCUT2D eigenvalue weighted by atomic mass is 16.3. The molecular weight excluding hydrogens is 176 g/mol. The summed E-state index contributed by atoms with van der Waals surface area (Å²) in [6.07, 6.45) is 10.1. The van der Waals surface area contributed by atoms with E-state index in [0.29, 0.717) is 0 Å². The molecule has 2 rings (SSSR count). The van der Waals surface area contributed by atoms with Crippen molar-refractivity contribution in [3.63, 3.8) is 0 Å². The topological polar surface area (TPSA) is 38.0 Å². The van der Waals surface area contributed by atoms with Crippen LogP contribution in [0.5, 0.6) is 0 Å². The van der Waals surface area contributed by atoms with Crippen molar-refractivity contribution >= 4 is 0 Å². The monoisotopic (exact) mass is 194 g/mol. The Hall–Kier alpha value is -0.830. The number of nitrogens with zero attached hydrogens (tertiary/aromatic N) is 2. The minimum atomic E-state index is 0.0933. The predicted molar refractivity (Wildman–Crippen MR) is 54.9 cm³/mol. The second kappa shape index (κ2) is 3.73. The summed E-state index contributed by atoms with van der Waals surface area (Å²) in [4.78, 5) is 0. The van der Waals surface area contributed by atoms with Gasteiger partial charge in [-0.05, 0) is 19.8 Å². The average Bonchev–Trinajstić information content (AvgIpc) is 2.67. The molecule has 3 heteroatoms. The van der Waals surface area contributed by atoms with E-state index in [9.17, 15) is 0 Å². The van der Waals surface area contributed by atoms with Gasteiger partial charge in [0.15, 0.2) is 0 Å². The lowest BCUT2D eigenvalue weighted by atomic mass is 9.83. The van der Waals surface area contributed by atoms with Crippen LogP contribution in [0.25, 0.3) is 0 Å². The molecule has 0 aromatic carbocycles. The van der Waals surface area contributed by atoms with Crippen LogP contribution in [0.1, 0.15) is 44.6 Å². The smallest absolute Gasteiger partial charge is 0.0712 e. The Kier molecular flexibility index (Phi) is 2.59. The van der Waals surface area contributed by atoms with E-state index in [0.717, 1.165) is 5.56 Å². The molecule has 1 fully saturated rings. The van der Waals surface area contributed by atoms with Gasteiger partial charge < -0.3 is 5.11 Å². The zero-order valence-electron chi connectivity index (χ0n) is 8.74. The van der Waals surface area contributed by atoms with Crippen LogP contribution < -0.4 is 0 Å². The van der Waals surface area contributed by atoms with Crippen molar-refractivity contribution in [3.05, 3.63) is 18.0 Å². The lowest BCUT2D eigenvalue weighted by Gasteiger charge is -2.33. The van der Waals surface area contributed by atoms with E-state index in [-0.39, 0.29) is 12.1 Å². The molecule has 1 aliphatic carbocycles. The van der Waals surface area contributed by atoms with Gasteiger partial charge in [-0.1, -0.05) is 19.3 Å². The Bertz CT molecular complexity index is 300. The second-order valence-electron chi connectivity index (χ2n) is 4.51. The largest absolute Gasteiger partial charge is 0.392 e. The van der Waals surface area contributed by atoms with Gasteiger partial charge in [0.25, 0.3) is 0 Å². The molecule has 1 aromatic heterocycles. The minimum Gasteiger partial charge on any atom is -0.392 e. The van der Waals surface area contributed by atoms with Gasteiger partial charge in [0.2, 0.25) is 0 Å². The van der Waals surface area contributed by atoms with Gasteiger partial charge in [0, 0.05) is 11.8 Å². The van der Waals surface area contributed by atoms with E-state index < -0.39 is 0 Å². The van der Waals surface area contributed by atoms with E-state index in [4.69, 9.17) is 5.11 Å². The first-order valence-corrected chi connectivity index (χ1v) is 5.39. The third-order valence-corrected chi connectivity index (χ3v) is 3.30. The summed E-state index contributed by atoms with van der Waals surface area (Å²) in [6, 6.07) is 0. The molecule has 0 spiro atoms. The summed E-state index contributed by atoms with van der Waals surface area (Å²) in [6.45, 7) is 2.36. The first kappa shape index (κ1) is 9.71. The van der Waals surface area contributed by atoms with Gasteiger partial charge in [0.05, 0.1) is 18.3 Å². The normalized spacial score (nSPS) is 21.0. The molecule has 0 saturated heterocycles. The van der Waals surface area contributed by atoms with Crippen LogP contribution in [0.4, 0.5) is 0 Å². The zero-order chi connectivity index (χ0) is 10.0. The Labute approximate surface area is 84.7 Å². The van der Waals surface area contributed by atoms with Crippen LogP contribution in [0.3, 0.4) is 0 Å². The first-order chi connectivity index (χ1) is 6.74. The maximum Gasteiger partial charge on any atom is 0.0712 e. The van der Waals surface area contributed by atoms with E-state index >= 15 is 0 Å². The Morgan fingerprint density at radius 1 is 1.43 bits per heavy atom. The van der Waals surface area contributed by atoms with Gasteiger partial charge >= 0.3 is 0 Å². The highest BCUT2D eigenvalue weighted by Crippen LogP contribution is 2.33. The summed E-state index contributed by atoms with van der Waals surface area (Å²) in [5.74, 6) is 0. The minimum absolute atomic E-state index is 0.0933. The van der Waals surface area contributed by atoms with Gasteiger partial charge in [0.1, 0.15) is 0 Å². The Morgan fingerprint density at radius 3 is 2.71 bits per heavy atom. The summed E-state index contributed by atoms with van der Waals surface area (Å²) in [7, 11) is 0. The molecule has 1 aliphatic rings. The summed E-state index contributed by atoms with van der Waals surface area (Å²) in [5, 5.41) is 13.3. The second-order valence-corrected chi connectivity index (χ2v) is 4.51. The lowest BCUT2D eigenvalue weighted by molar-refractivity contribution is 0.197. The van der Waals surface area contributed by atoms with Crippen molar-refractivity contribution in [3.8, 4) is 0 Å². The molecule has 0 bridgehead atoms. The van der Waals surface area contributed by atoms with E-state index in [1.54, 1.807) is 6.20 Å². The van der Waals surface area contributed by atoms with Crippen LogP contribution in [-0.4, -0.2) is 14.9 Å². The molecule has 1 aromatic rings. The van der Waals surface area contributed by atoms with E-state index in [2.05, 4.69) is 12.0 Å². The first-order valence-electron chi connectivity index (χ1n) is 5.39. The number of hydrogen-bond donors (Lipinski definition) is 1. The molecule has 14 heavy (non-hydrogen) atoms. The highest BCUT2D eigenvalue weighted by molar-refractivity contribution is 5.04. The van der Waals surface area contributed by atoms with E-state index in [1.807, 2.05) is 10.9 Å². The van der Waals surface area contributed by atoms with Crippen molar-refractivity contribution in [1.82, 2.24) is 9.78 Å². The number of aliphatic hydroxyl groups excluding tert-OH is 1. The molecule has 1 N–H and O–H groups in total. The number of aliphatic hydroxyl groups is 1. The molecular formula is C11H18N2O. The van der Waals surface area contributed by atoms with Crippen LogP contribution >= 0.6 is 0 Å². The van der Waals surface area contributed by atoms with Crippen molar-refractivity contribution in [2.45, 2.75) is 51.2 Å². The predicted octanol–water partition coefficient (Wildman–Crippen LogP) is 2.05. The molecule has 3 nitrogen and oxygen atoms in total. The standard InChI is InChI=1S/C11H18N2O/c1-11(5-3-2-4-6-11)13-8-10(9-14)7-12-13/h7-8,14H,2-6,9H2,1H3. The van der Waals surface area contributed by atoms with Gasteiger partial charge in [-0.2, -0.15) is 5.10 Å². The molecule has 0 aliphatic heterocycles. The number of aromatic nitrogens is 2. The maximum atomic E-state index is 8.98. The van der Waals surface area contributed by atoms with Crippen molar-refractivity contribution in [1.29, 1.82) is 0 Å². The molecule has 1 heterocycles. The Balaban J connectivity index is 2.19. The third-order valence-electron chi connectivity index (χ3n) is 3.30. The molecule has 0 radical (unpaired) electrons. The molecule has 1 saturated carbocycles. The van der Waals surface area contributed by atoms with E-state index in [1.165, 1.54) is 32.1 Å². The van der Waals surface area contributed by atoms with Gasteiger partial charge in [-0.15, -0.1) is 0 Å². The lowest BCUT2D eigenvalue weighted by Crippen LogP contribution is -2.32. The van der Waals surface area contributed by atoms with Gasteiger partial charge in [-0.3, -0.25) is 4.68 Å². The quantitative estimate of drug-likeness (QED) is 0.782. The van der Waals surface area contributed by atoms with Gasteiger partial charge in [-0.25, -0.2) is 0 Å². The zero-order valence-corrected chi connectivity index (χ0v) is 8.74.